The van der Waals surface area contributed by atoms with Crippen molar-refractivity contribution >= 4 is 5.91 Å². The van der Waals surface area contributed by atoms with Crippen LogP contribution >= 0.6 is 0 Å². The molecule has 0 radical (unpaired) electrons. The minimum atomic E-state index is -1.71. The first-order chi connectivity index (χ1) is 8.01. The van der Waals surface area contributed by atoms with Gasteiger partial charge in [0.2, 0.25) is 0 Å². The summed E-state index contributed by atoms with van der Waals surface area (Å²) in [6.07, 6.45) is 0.327. The van der Waals surface area contributed by atoms with Crippen molar-refractivity contribution < 1.29 is 18.0 Å². The average Bonchev–Trinajstić information content (AvgIpc) is 2.32. The summed E-state index contributed by atoms with van der Waals surface area (Å²) >= 11 is 0. The van der Waals surface area contributed by atoms with Gasteiger partial charge < -0.3 is 5.32 Å². The van der Waals surface area contributed by atoms with Crippen LogP contribution < -0.4 is 5.32 Å². The van der Waals surface area contributed by atoms with Gasteiger partial charge >= 0.3 is 0 Å². The van der Waals surface area contributed by atoms with E-state index in [0.29, 0.717) is 12.5 Å². The van der Waals surface area contributed by atoms with Gasteiger partial charge in [-0.1, -0.05) is 6.92 Å². The number of carbonyl (C=O) groups is 1. The third-order valence-corrected chi connectivity index (χ3v) is 2.15. The Balaban J connectivity index is 2.98. The highest BCUT2D eigenvalue weighted by atomic mass is 19.2. The molecule has 17 heavy (non-hydrogen) atoms. The van der Waals surface area contributed by atoms with Crippen molar-refractivity contribution in [1.82, 2.24) is 5.32 Å². The topological polar surface area (TPSA) is 52.9 Å². The molecule has 0 aromatic heterocycles. The second-order valence-corrected chi connectivity index (χ2v) is 3.29. The molecule has 1 rings (SSSR count). The first kappa shape index (κ1) is 13.0. The Kier molecular flexibility index (Phi) is 4.10. The third-order valence-electron chi connectivity index (χ3n) is 2.15. The molecule has 0 bridgehead atoms. The molecule has 1 aromatic rings. The monoisotopic (exact) mass is 242 g/mol. The highest BCUT2D eigenvalue weighted by molar-refractivity contribution is 5.94. The van der Waals surface area contributed by atoms with Gasteiger partial charge in [-0.05, 0) is 18.6 Å². The molecule has 1 aromatic carbocycles. The fraction of sp³-hybridized carbons (Fsp3) is 0.273. The van der Waals surface area contributed by atoms with Crippen molar-refractivity contribution in [2.24, 2.45) is 0 Å². The molecule has 6 heteroatoms. The summed E-state index contributed by atoms with van der Waals surface area (Å²) in [4.78, 5) is 11.5. The van der Waals surface area contributed by atoms with Crippen molar-refractivity contribution in [2.45, 2.75) is 19.4 Å². The summed E-state index contributed by atoms with van der Waals surface area (Å²) in [6.45, 7) is 1.65. The molecule has 0 heterocycles. The molecule has 0 aliphatic rings. The maximum Gasteiger partial charge on any atom is 0.255 e. The molecule has 0 spiro atoms. The van der Waals surface area contributed by atoms with E-state index in [1.165, 1.54) is 0 Å². The molecule has 1 amide bonds. The second kappa shape index (κ2) is 5.34. The van der Waals surface area contributed by atoms with E-state index in [4.69, 9.17) is 5.26 Å². The molecule has 1 atom stereocenters. The van der Waals surface area contributed by atoms with E-state index in [9.17, 15) is 18.0 Å². The number of carbonyl (C=O) groups excluding carboxylic acids is 1. The van der Waals surface area contributed by atoms with Crippen LogP contribution in [0.25, 0.3) is 0 Å². The normalized spacial score (nSPS) is 11.7. The standard InChI is InChI=1S/C11H9F3N2O/c1-2-6(5-15)16-11(17)7-3-4-8(12)10(14)9(7)13/h3-4,6H,2H2,1H3,(H,16,17). The molecular formula is C11H9F3N2O. The lowest BCUT2D eigenvalue weighted by Crippen LogP contribution is -2.33. The van der Waals surface area contributed by atoms with Crippen LogP contribution in [0.4, 0.5) is 13.2 Å². The van der Waals surface area contributed by atoms with E-state index in [2.05, 4.69) is 5.32 Å². The Bertz CT molecular complexity index is 482. The number of hydrogen-bond acceptors (Lipinski definition) is 2. The summed E-state index contributed by atoms with van der Waals surface area (Å²) in [5.41, 5.74) is -0.627. The molecule has 0 aliphatic carbocycles. The number of nitrogens with zero attached hydrogens (tertiary/aromatic N) is 1. The molecule has 0 saturated heterocycles. The van der Waals surface area contributed by atoms with Gasteiger partial charge in [-0.15, -0.1) is 0 Å². The van der Waals surface area contributed by atoms with Gasteiger partial charge in [0.25, 0.3) is 5.91 Å². The van der Waals surface area contributed by atoms with Crippen molar-refractivity contribution in [3.63, 3.8) is 0 Å². The van der Waals surface area contributed by atoms with E-state index >= 15 is 0 Å². The van der Waals surface area contributed by atoms with Crippen molar-refractivity contribution in [3.05, 3.63) is 35.1 Å². The highest BCUT2D eigenvalue weighted by Gasteiger charge is 2.20. The average molecular weight is 242 g/mol. The lowest BCUT2D eigenvalue weighted by Gasteiger charge is -2.09. The number of hydrogen-bond donors (Lipinski definition) is 1. The molecule has 1 N–H and O–H groups in total. The first-order valence-electron chi connectivity index (χ1n) is 4.85. The van der Waals surface area contributed by atoms with Gasteiger partial charge in [-0.3, -0.25) is 4.79 Å². The van der Waals surface area contributed by atoms with Crippen molar-refractivity contribution in [2.75, 3.05) is 0 Å². The number of nitriles is 1. The maximum absolute atomic E-state index is 13.2. The minimum Gasteiger partial charge on any atom is -0.336 e. The van der Waals surface area contributed by atoms with Gasteiger partial charge in [0, 0.05) is 0 Å². The van der Waals surface area contributed by atoms with Gasteiger partial charge in [-0.25, -0.2) is 13.2 Å². The lowest BCUT2D eigenvalue weighted by molar-refractivity contribution is 0.0939. The second-order valence-electron chi connectivity index (χ2n) is 3.29. The maximum atomic E-state index is 13.2. The molecular weight excluding hydrogens is 233 g/mol. The number of rotatable bonds is 3. The van der Waals surface area contributed by atoms with Crippen LogP contribution in [-0.2, 0) is 0 Å². The lowest BCUT2D eigenvalue weighted by atomic mass is 10.1. The summed E-state index contributed by atoms with van der Waals surface area (Å²) in [7, 11) is 0. The largest absolute Gasteiger partial charge is 0.336 e. The van der Waals surface area contributed by atoms with E-state index in [1.807, 2.05) is 0 Å². The zero-order chi connectivity index (χ0) is 13.0. The molecule has 90 valence electrons. The van der Waals surface area contributed by atoms with E-state index in [1.54, 1.807) is 13.0 Å². The zero-order valence-electron chi connectivity index (χ0n) is 8.93. The first-order valence-corrected chi connectivity index (χ1v) is 4.85. The highest BCUT2D eigenvalue weighted by Crippen LogP contribution is 2.15. The Hall–Kier alpha value is -2.03. The predicted octanol–water partition coefficient (Wildman–Crippen LogP) is 2.14. The molecule has 1 unspecified atom stereocenters. The Morgan fingerprint density at radius 3 is 2.59 bits per heavy atom. The van der Waals surface area contributed by atoms with E-state index in [-0.39, 0.29) is 0 Å². The fourth-order valence-corrected chi connectivity index (χ4v) is 1.16. The number of benzene rings is 1. The number of amides is 1. The predicted molar refractivity (Wildman–Crippen MR) is 53.5 cm³/mol. The summed E-state index contributed by atoms with van der Waals surface area (Å²) in [6, 6.07) is 2.46. The summed E-state index contributed by atoms with van der Waals surface area (Å²) in [5, 5.41) is 10.8. The smallest absolute Gasteiger partial charge is 0.255 e. The minimum absolute atomic E-state index is 0.327. The Morgan fingerprint density at radius 2 is 2.06 bits per heavy atom. The Morgan fingerprint density at radius 1 is 1.41 bits per heavy atom. The fourth-order valence-electron chi connectivity index (χ4n) is 1.16. The van der Waals surface area contributed by atoms with Crippen molar-refractivity contribution in [1.29, 1.82) is 5.26 Å². The van der Waals surface area contributed by atoms with Gasteiger partial charge in [0.05, 0.1) is 11.6 Å². The number of halogens is 3. The molecule has 0 fully saturated rings. The number of nitrogens with one attached hydrogen (secondary N) is 1. The van der Waals surface area contributed by atoms with Crippen molar-refractivity contribution in [3.8, 4) is 6.07 Å². The summed E-state index contributed by atoms with van der Waals surface area (Å²) < 4.78 is 38.7. The quantitative estimate of drug-likeness (QED) is 0.825. The van der Waals surface area contributed by atoms with Crippen LogP contribution in [0, 0.1) is 28.8 Å². The SMILES string of the molecule is CCC(C#N)NC(=O)c1ccc(F)c(F)c1F. The van der Waals surface area contributed by atoms with E-state index < -0.39 is 35.0 Å². The van der Waals surface area contributed by atoms with Gasteiger partial charge in [0.1, 0.15) is 6.04 Å². The molecule has 3 nitrogen and oxygen atoms in total. The van der Waals surface area contributed by atoms with Crippen LogP contribution in [0.3, 0.4) is 0 Å². The van der Waals surface area contributed by atoms with Crippen LogP contribution in [0.1, 0.15) is 23.7 Å². The van der Waals surface area contributed by atoms with Crippen LogP contribution in [0.2, 0.25) is 0 Å². The third kappa shape index (κ3) is 2.75. The zero-order valence-corrected chi connectivity index (χ0v) is 8.93. The Labute approximate surface area is 95.9 Å². The molecule has 0 saturated carbocycles. The van der Waals surface area contributed by atoms with Gasteiger partial charge in [0.15, 0.2) is 17.5 Å². The summed E-state index contributed by atoms with van der Waals surface area (Å²) in [5.74, 6) is -5.58. The van der Waals surface area contributed by atoms with Crippen LogP contribution in [0.5, 0.6) is 0 Å². The molecule has 0 aliphatic heterocycles. The van der Waals surface area contributed by atoms with Crippen LogP contribution in [0.15, 0.2) is 12.1 Å². The van der Waals surface area contributed by atoms with E-state index in [0.717, 1.165) is 6.07 Å². The van der Waals surface area contributed by atoms with Crippen LogP contribution in [-0.4, -0.2) is 11.9 Å². The van der Waals surface area contributed by atoms with Gasteiger partial charge in [-0.2, -0.15) is 5.26 Å².